The summed E-state index contributed by atoms with van der Waals surface area (Å²) in [5, 5.41) is 23.0. The second kappa shape index (κ2) is 14.1. The van der Waals surface area contributed by atoms with Gasteiger partial charge in [-0.15, -0.1) is 34.0 Å². The van der Waals surface area contributed by atoms with E-state index in [0.29, 0.717) is 5.92 Å². The van der Waals surface area contributed by atoms with Crippen molar-refractivity contribution in [2.45, 2.75) is 57.4 Å². The Morgan fingerprint density at radius 3 is 2.37 bits per heavy atom. The summed E-state index contributed by atoms with van der Waals surface area (Å²) in [6, 6.07) is 13.9. The highest BCUT2D eigenvalue weighted by atomic mass is 79.9. The second-order valence-electron chi connectivity index (χ2n) is 8.05. The molecular weight excluding hydrogens is 508 g/mol. The molecular formula is C24H36Br2N2O2. The standard InChI is InChI=1S/C24H34N2O2.2BrH/c25-24-19(11-12-20-16-22(27)23(28)17-21(20)24)10-6-1-2-7-14-26-15-13-18-8-4-3-5-9-18;;/h3-5,8-9,16-17,19,24,26-28H,1-2,6-7,10-15,25H2;2*1H. The van der Waals surface area contributed by atoms with Gasteiger partial charge in [-0.2, -0.15) is 0 Å². The zero-order chi connectivity index (χ0) is 19.8. The fourth-order valence-electron chi connectivity index (χ4n) is 4.27. The van der Waals surface area contributed by atoms with E-state index in [9.17, 15) is 10.2 Å². The maximum absolute atomic E-state index is 9.77. The van der Waals surface area contributed by atoms with Crippen molar-refractivity contribution in [1.82, 2.24) is 5.32 Å². The number of aromatic hydroxyl groups is 2. The Hall–Kier alpha value is -1.08. The molecule has 2 aromatic rings. The Kier molecular flexibility index (Phi) is 12.6. The lowest BCUT2D eigenvalue weighted by Gasteiger charge is -2.31. The number of nitrogens with two attached hydrogens (primary N) is 1. The molecule has 0 amide bonds. The van der Waals surface area contributed by atoms with Crippen molar-refractivity contribution in [1.29, 1.82) is 0 Å². The quantitative estimate of drug-likeness (QED) is 0.232. The molecule has 1 aliphatic carbocycles. The highest BCUT2D eigenvalue weighted by Crippen LogP contribution is 2.40. The van der Waals surface area contributed by atoms with Crippen LogP contribution in [0.2, 0.25) is 0 Å². The molecule has 5 N–H and O–H groups in total. The number of phenolic OH excluding ortho intramolecular Hbond substituents is 2. The molecule has 0 radical (unpaired) electrons. The Bertz CT molecular complexity index is 743. The van der Waals surface area contributed by atoms with E-state index in [-0.39, 0.29) is 51.5 Å². The van der Waals surface area contributed by atoms with Gasteiger partial charge in [0.1, 0.15) is 0 Å². The molecule has 0 saturated carbocycles. The maximum atomic E-state index is 9.77. The molecule has 0 aromatic heterocycles. The molecule has 2 aromatic carbocycles. The molecule has 30 heavy (non-hydrogen) atoms. The summed E-state index contributed by atoms with van der Waals surface area (Å²) < 4.78 is 0. The highest BCUT2D eigenvalue weighted by molar-refractivity contribution is 8.93. The van der Waals surface area contributed by atoms with E-state index in [1.807, 2.05) is 0 Å². The van der Waals surface area contributed by atoms with Gasteiger partial charge in [-0.3, -0.25) is 0 Å². The molecule has 0 bridgehead atoms. The number of hydrogen-bond acceptors (Lipinski definition) is 4. The third-order valence-corrected chi connectivity index (χ3v) is 6.00. The first kappa shape index (κ1) is 27.0. The van der Waals surface area contributed by atoms with Crippen LogP contribution in [0, 0.1) is 5.92 Å². The predicted octanol–water partition coefficient (Wildman–Crippen LogP) is 5.60. The van der Waals surface area contributed by atoms with Gasteiger partial charge in [0.25, 0.3) is 0 Å². The highest BCUT2D eigenvalue weighted by Gasteiger charge is 2.27. The Labute approximate surface area is 201 Å². The lowest BCUT2D eigenvalue weighted by molar-refractivity contribution is 0.337. The molecule has 0 heterocycles. The van der Waals surface area contributed by atoms with E-state index >= 15 is 0 Å². The third-order valence-electron chi connectivity index (χ3n) is 6.00. The van der Waals surface area contributed by atoms with Crippen LogP contribution in [0.1, 0.15) is 61.3 Å². The SMILES string of the molecule is Br.Br.NC1c2cc(O)c(O)cc2CCC1CCCCCCNCCc1ccccc1. The van der Waals surface area contributed by atoms with Crippen molar-refractivity contribution in [2.24, 2.45) is 11.7 Å². The van der Waals surface area contributed by atoms with Crippen LogP contribution in [0.15, 0.2) is 42.5 Å². The molecule has 0 fully saturated rings. The Morgan fingerprint density at radius 1 is 0.900 bits per heavy atom. The summed E-state index contributed by atoms with van der Waals surface area (Å²) in [5.41, 5.74) is 9.94. The number of unbranched alkanes of at least 4 members (excludes halogenated alkanes) is 3. The topological polar surface area (TPSA) is 78.5 Å². The normalized spacial score (nSPS) is 17.5. The molecule has 6 heteroatoms. The van der Waals surface area contributed by atoms with E-state index in [1.54, 1.807) is 12.1 Å². The minimum atomic E-state index is -0.0605. The average molecular weight is 544 g/mol. The maximum Gasteiger partial charge on any atom is 0.157 e. The summed E-state index contributed by atoms with van der Waals surface area (Å²) in [7, 11) is 0. The number of benzene rings is 2. The number of nitrogens with one attached hydrogen (secondary N) is 1. The second-order valence-corrected chi connectivity index (χ2v) is 8.05. The van der Waals surface area contributed by atoms with E-state index in [1.165, 1.54) is 31.2 Å². The summed E-state index contributed by atoms with van der Waals surface area (Å²) in [6.45, 7) is 2.13. The predicted molar refractivity (Wildman–Crippen MR) is 135 cm³/mol. The molecule has 168 valence electrons. The van der Waals surface area contributed by atoms with Gasteiger partial charge in [-0.1, -0.05) is 49.6 Å². The van der Waals surface area contributed by atoms with Crippen LogP contribution in [0.5, 0.6) is 11.5 Å². The van der Waals surface area contributed by atoms with Gasteiger partial charge in [0.05, 0.1) is 0 Å². The lowest BCUT2D eigenvalue weighted by atomic mass is 9.77. The zero-order valence-electron chi connectivity index (χ0n) is 17.6. The van der Waals surface area contributed by atoms with E-state index in [2.05, 4.69) is 35.6 Å². The minimum absolute atomic E-state index is 0. The Morgan fingerprint density at radius 2 is 1.60 bits per heavy atom. The van der Waals surface area contributed by atoms with E-state index in [4.69, 9.17) is 5.73 Å². The number of halogens is 2. The van der Waals surface area contributed by atoms with Gasteiger partial charge in [-0.05, 0) is 79.9 Å². The monoisotopic (exact) mass is 542 g/mol. The molecule has 1 aliphatic rings. The van der Waals surface area contributed by atoms with Crippen LogP contribution in [-0.4, -0.2) is 23.3 Å². The van der Waals surface area contributed by atoms with Gasteiger partial charge >= 0.3 is 0 Å². The van der Waals surface area contributed by atoms with E-state index < -0.39 is 0 Å². The molecule has 0 saturated heterocycles. The third kappa shape index (κ3) is 7.88. The fourth-order valence-corrected chi connectivity index (χ4v) is 4.27. The van der Waals surface area contributed by atoms with Crippen molar-refractivity contribution < 1.29 is 10.2 Å². The molecule has 2 unspecified atom stereocenters. The number of phenols is 2. The molecule has 0 aliphatic heterocycles. The number of hydrogen-bond donors (Lipinski definition) is 4. The van der Waals surface area contributed by atoms with Gasteiger partial charge in [-0.25, -0.2) is 0 Å². The molecule has 2 atom stereocenters. The van der Waals surface area contributed by atoms with Crippen LogP contribution in [0.3, 0.4) is 0 Å². The minimum Gasteiger partial charge on any atom is -0.504 e. The number of aryl methyl sites for hydroxylation is 1. The van der Waals surface area contributed by atoms with Gasteiger partial charge in [0.2, 0.25) is 0 Å². The molecule has 3 rings (SSSR count). The summed E-state index contributed by atoms with van der Waals surface area (Å²) in [4.78, 5) is 0. The first-order chi connectivity index (χ1) is 13.6. The van der Waals surface area contributed by atoms with Crippen LogP contribution < -0.4 is 11.1 Å². The summed E-state index contributed by atoms with van der Waals surface area (Å²) in [6.07, 6.45) is 9.18. The molecule has 4 nitrogen and oxygen atoms in total. The smallest absolute Gasteiger partial charge is 0.157 e. The van der Waals surface area contributed by atoms with E-state index in [0.717, 1.165) is 49.9 Å². The van der Waals surface area contributed by atoms with Crippen molar-refractivity contribution in [3.63, 3.8) is 0 Å². The molecule has 0 spiro atoms. The summed E-state index contributed by atoms with van der Waals surface area (Å²) in [5.74, 6) is 0.372. The van der Waals surface area contributed by atoms with Gasteiger partial charge in [0.15, 0.2) is 11.5 Å². The van der Waals surface area contributed by atoms with Crippen molar-refractivity contribution in [3.05, 3.63) is 59.2 Å². The van der Waals surface area contributed by atoms with Crippen molar-refractivity contribution in [3.8, 4) is 11.5 Å². The van der Waals surface area contributed by atoms with Crippen molar-refractivity contribution >= 4 is 34.0 Å². The van der Waals surface area contributed by atoms with Crippen LogP contribution in [0.4, 0.5) is 0 Å². The average Bonchev–Trinajstić information content (AvgIpc) is 2.70. The van der Waals surface area contributed by atoms with Crippen LogP contribution in [-0.2, 0) is 12.8 Å². The fraction of sp³-hybridized carbons (Fsp3) is 0.500. The van der Waals surface area contributed by atoms with Crippen LogP contribution >= 0.6 is 34.0 Å². The van der Waals surface area contributed by atoms with Gasteiger partial charge in [0, 0.05) is 6.04 Å². The summed E-state index contributed by atoms with van der Waals surface area (Å²) >= 11 is 0. The lowest BCUT2D eigenvalue weighted by Crippen LogP contribution is -2.27. The first-order valence-electron chi connectivity index (χ1n) is 10.7. The number of fused-ring (bicyclic) bond motifs is 1. The Balaban J connectivity index is 0.00000225. The van der Waals surface area contributed by atoms with Gasteiger partial charge < -0.3 is 21.3 Å². The largest absolute Gasteiger partial charge is 0.504 e. The zero-order valence-corrected chi connectivity index (χ0v) is 21.0. The van der Waals surface area contributed by atoms with Crippen molar-refractivity contribution in [2.75, 3.05) is 13.1 Å². The number of rotatable bonds is 10. The van der Waals surface area contributed by atoms with Crippen LogP contribution in [0.25, 0.3) is 0 Å². The first-order valence-corrected chi connectivity index (χ1v) is 10.7.